The minimum absolute atomic E-state index is 0.0407. The van der Waals surface area contributed by atoms with Crippen LogP contribution in [0.25, 0.3) is 0 Å². The zero-order chi connectivity index (χ0) is 13.7. The van der Waals surface area contributed by atoms with Crippen molar-refractivity contribution in [3.63, 3.8) is 0 Å². The molecule has 0 bridgehead atoms. The van der Waals surface area contributed by atoms with Crippen molar-refractivity contribution in [2.75, 3.05) is 12.3 Å². The molecule has 0 aromatic carbocycles. The third-order valence-corrected chi connectivity index (χ3v) is 2.43. The van der Waals surface area contributed by atoms with Gasteiger partial charge >= 0.3 is 5.97 Å². The van der Waals surface area contributed by atoms with Gasteiger partial charge in [0.25, 0.3) is 0 Å². The summed E-state index contributed by atoms with van der Waals surface area (Å²) in [6.07, 6.45) is 3.63. The van der Waals surface area contributed by atoms with E-state index in [1.54, 1.807) is 6.20 Å². The predicted octanol–water partition coefficient (Wildman–Crippen LogP) is 1.38. The van der Waals surface area contributed by atoms with E-state index in [2.05, 4.69) is 9.97 Å². The van der Waals surface area contributed by atoms with Gasteiger partial charge in [-0.25, -0.2) is 9.78 Å². The van der Waals surface area contributed by atoms with E-state index in [0.29, 0.717) is 13.0 Å². The van der Waals surface area contributed by atoms with E-state index in [1.165, 1.54) is 12.3 Å². The molecule has 0 saturated carbocycles. The number of nitrogen functional groups attached to an aromatic ring is 1. The van der Waals surface area contributed by atoms with Crippen molar-refractivity contribution >= 4 is 11.7 Å². The van der Waals surface area contributed by atoms with Crippen LogP contribution < -0.4 is 10.5 Å². The van der Waals surface area contributed by atoms with Gasteiger partial charge in [0.2, 0.25) is 5.88 Å². The number of carbonyl (C=O) groups is 1. The Morgan fingerprint density at radius 1 is 1.37 bits per heavy atom. The van der Waals surface area contributed by atoms with Crippen LogP contribution in [0.4, 0.5) is 5.69 Å². The average molecular weight is 259 g/mol. The van der Waals surface area contributed by atoms with Crippen molar-refractivity contribution in [1.82, 2.24) is 9.97 Å². The normalized spacial score (nSPS) is 10.1. The van der Waals surface area contributed by atoms with E-state index < -0.39 is 5.97 Å². The van der Waals surface area contributed by atoms with E-state index in [-0.39, 0.29) is 17.1 Å². The fourth-order valence-corrected chi connectivity index (χ4v) is 1.53. The lowest BCUT2D eigenvalue weighted by molar-refractivity contribution is 0.0691. The summed E-state index contributed by atoms with van der Waals surface area (Å²) in [5.41, 5.74) is 6.61. The molecule has 2 aromatic rings. The highest BCUT2D eigenvalue weighted by molar-refractivity contribution is 5.91. The van der Waals surface area contributed by atoms with Crippen molar-refractivity contribution < 1.29 is 14.6 Å². The van der Waals surface area contributed by atoms with Crippen LogP contribution in [0.5, 0.6) is 5.88 Å². The molecule has 2 rings (SSSR count). The number of nitrogens with zero attached hydrogens (tertiary/aromatic N) is 2. The number of pyridine rings is 2. The lowest BCUT2D eigenvalue weighted by atomic mass is 10.2. The molecule has 0 saturated heterocycles. The molecule has 2 aromatic heterocycles. The van der Waals surface area contributed by atoms with Gasteiger partial charge in [0, 0.05) is 18.3 Å². The Hall–Kier alpha value is -2.63. The molecule has 2 heterocycles. The fourth-order valence-electron chi connectivity index (χ4n) is 1.53. The van der Waals surface area contributed by atoms with E-state index >= 15 is 0 Å². The Kier molecular flexibility index (Phi) is 3.92. The molecule has 0 radical (unpaired) electrons. The van der Waals surface area contributed by atoms with Crippen LogP contribution in [-0.4, -0.2) is 27.7 Å². The number of aromatic nitrogens is 2. The monoisotopic (exact) mass is 259 g/mol. The maximum Gasteiger partial charge on any atom is 0.341 e. The highest BCUT2D eigenvalue weighted by Gasteiger charge is 2.13. The molecular formula is C13H13N3O3. The predicted molar refractivity (Wildman–Crippen MR) is 69.0 cm³/mol. The number of hydrogen-bond acceptors (Lipinski definition) is 5. The number of hydrogen-bond donors (Lipinski definition) is 2. The molecule has 0 fully saturated rings. The Morgan fingerprint density at radius 2 is 2.21 bits per heavy atom. The second kappa shape index (κ2) is 5.81. The van der Waals surface area contributed by atoms with Gasteiger partial charge in [0.1, 0.15) is 5.56 Å². The molecule has 0 aliphatic carbocycles. The van der Waals surface area contributed by atoms with E-state index in [4.69, 9.17) is 15.6 Å². The van der Waals surface area contributed by atoms with Crippen molar-refractivity contribution in [2.24, 2.45) is 0 Å². The van der Waals surface area contributed by atoms with Crippen LogP contribution in [0.2, 0.25) is 0 Å². The van der Waals surface area contributed by atoms with Gasteiger partial charge < -0.3 is 15.6 Å². The second-order valence-corrected chi connectivity index (χ2v) is 3.85. The Morgan fingerprint density at radius 3 is 2.89 bits per heavy atom. The third-order valence-electron chi connectivity index (χ3n) is 2.43. The largest absolute Gasteiger partial charge is 0.477 e. The number of nitrogens with two attached hydrogens (primary N) is 1. The van der Waals surface area contributed by atoms with Gasteiger partial charge in [-0.05, 0) is 18.2 Å². The summed E-state index contributed by atoms with van der Waals surface area (Å²) < 4.78 is 5.37. The Labute approximate surface area is 109 Å². The molecular weight excluding hydrogens is 246 g/mol. The highest BCUT2D eigenvalue weighted by atomic mass is 16.5. The molecule has 0 atom stereocenters. The first-order valence-corrected chi connectivity index (χ1v) is 5.68. The van der Waals surface area contributed by atoms with Crippen molar-refractivity contribution in [2.45, 2.75) is 6.42 Å². The fraction of sp³-hybridized carbons (Fsp3) is 0.154. The van der Waals surface area contributed by atoms with Gasteiger partial charge in [-0.3, -0.25) is 4.98 Å². The molecule has 0 spiro atoms. The molecule has 6 nitrogen and oxygen atoms in total. The van der Waals surface area contributed by atoms with Crippen LogP contribution in [0.1, 0.15) is 16.1 Å². The van der Waals surface area contributed by atoms with Gasteiger partial charge in [-0.1, -0.05) is 6.07 Å². The molecule has 0 aliphatic heterocycles. The molecule has 6 heteroatoms. The molecule has 0 aliphatic rings. The number of rotatable bonds is 5. The standard InChI is InChI=1S/C13H13N3O3/c14-9-7-11(13(17)18)12(16-8-9)19-6-4-10-3-1-2-5-15-10/h1-3,5,7-8H,4,6,14H2,(H,17,18). The summed E-state index contributed by atoms with van der Waals surface area (Å²) in [6.45, 7) is 0.300. The Bertz CT molecular complexity index is 573. The van der Waals surface area contributed by atoms with Gasteiger partial charge in [-0.2, -0.15) is 0 Å². The first-order valence-electron chi connectivity index (χ1n) is 5.68. The first kappa shape index (κ1) is 12.8. The maximum absolute atomic E-state index is 11.0. The third kappa shape index (κ3) is 3.41. The van der Waals surface area contributed by atoms with Crippen LogP contribution in [0, 0.1) is 0 Å². The number of ether oxygens (including phenoxy) is 1. The average Bonchev–Trinajstić information content (AvgIpc) is 2.41. The van der Waals surface area contributed by atoms with Crippen LogP contribution in [0.15, 0.2) is 36.7 Å². The van der Waals surface area contributed by atoms with Crippen LogP contribution in [0.3, 0.4) is 0 Å². The number of aromatic carboxylic acids is 1. The summed E-state index contributed by atoms with van der Waals surface area (Å²) in [5, 5.41) is 9.02. The minimum Gasteiger partial charge on any atom is -0.477 e. The van der Waals surface area contributed by atoms with Gasteiger partial charge in [0.05, 0.1) is 18.5 Å². The maximum atomic E-state index is 11.0. The molecule has 98 valence electrons. The highest BCUT2D eigenvalue weighted by Crippen LogP contribution is 2.18. The van der Waals surface area contributed by atoms with Crippen molar-refractivity contribution in [1.29, 1.82) is 0 Å². The molecule has 0 unspecified atom stereocenters. The van der Waals surface area contributed by atoms with E-state index in [9.17, 15) is 4.79 Å². The number of anilines is 1. The summed E-state index contributed by atoms with van der Waals surface area (Å²) in [6, 6.07) is 6.91. The first-order chi connectivity index (χ1) is 9.16. The number of carboxylic acids is 1. The zero-order valence-electron chi connectivity index (χ0n) is 10.1. The van der Waals surface area contributed by atoms with Crippen LogP contribution in [-0.2, 0) is 6.42 Å². The number of carboxylic acid groups (broad SMARTS) is 1. The van der Waals surface area contributed by atoms with E-state index in [0.717, 1.165) is 5.69 Å². The van der Waals surface area contributed by atoms with Crippen molar-refractivity contribution in [3.05, 3.63) is 47.9 Å². The van der Waals surface area contributed by atoms with Crippen LogP contribution >= 0.6 is 0 Å². The minimum atomic E-state index is -1.12. The quantitative estimate of drug-likeness (QED) is 0.841. The van der Waals surface area contributed by atoms with Gasteiger partial charge in [0.15, 0.2) is 0 Å². The smallest absolute Gasteiger partial charge is 0.341 e. The van der Waals surface area contributed by atoms with E-state index in [1.807, 2.05) is 18.2 Å². The van der Waals surface area contributed by atoms with Crippen molar-refractivity contribution in [3.8, 4) is 5.88 Å². The Balaban J connectivity index is 2.02. The van der Waals surface area contributed by atoms with Gasteiger partial charge in [-0.15, -0.1) is 0 Å². The zero-order valence-corrected chi connectivity index (χ0v) is 10.1. The molecule has 3 N–H and O–H groups in total. The summed E-state index contributed by atoms with van der Waals surface area (Å²) in [7, 11) is 0. The lowest BCUT2D eigenvalue weighted by Gasteiger charge is -2.08. The molecule has 19 heavy (non-hydrogen) atoms. The molecule has 0 amide bonds. The SMILES string of the molecule is Nc1cnc(OCCc2ccccn2)c(C(=O)O)c1. The summed E-state index contributed by atoms with van der Waals surface area (Å²) in [5.74, 6) is -1.05. The summed E-state index contributed by atoms with van der Waals surface area (Å²) in [4.78, 5) is 19.0. The summed E-state index contributed by atoms with van der Waals surface area (Å²) >= 11 is 0. The lowest BCUT2D eigenvalue weighted by Crippen LogP contribution is -2.09. The topological polar surface area (TPSA) is 98.3 Å². The second-order valence-electron chi connectivity index (χ2n) is 3.85.